The Morgan fingerprint density at radius 3 is 2.38 bits per heavy atom. The summed E-state index contributed by atoms with van der Waals surface area (Å²) in [5.41, 5.74) is 6.37. The molecule has 0 amide bonds. The number of nitrogen functional groups attached to an aromatic ring is 1. The Balaban J connectivity index is 2.23. The lowest BCUT2D eigenvalue weighted by Crippen LogP contribution is -1.84. The van der Waals surface area contributed by atoms with E-state index in [0.29, 0.717) is 0 Å². The molecule has 0 heterocycles. The van der Waals surface area contributed by atoms with Gasteiger partial charge < -0.3 is 5.73 Å². The van der Waals surface area contributed by atoms with Crippen LogP contribution >= 0.6 is 27.7 Å². The minimum Gasteiger partial charge on any atom is -0.399 e. The molecule has 0 aromatic heterocycles. The third-order valence-electron chi connectivity index (χ3n) is 2.00. The molecular weight excluding hydrogens is 289 g/mol. The first-order valence-electron chi connectivity index (χ1n) is 4.63. The summed E-state index contributed by atoms with van der Waals surface area (Å²) in [5, 5.41) is 0. The van der Waals surface area contributed by atoms with Crippen molar-refractivity contribution in [3.05, 3.63) is 52.8 Å². The van der Waals surface area contributed by atoms with E-state index in [-0.39, 0.29) is 5.82 Å². The van der Waals surface area contributed by atoms with E-state index in [1.54, 1.807) is 23.9 Å². The van der Waals surface area contributed by atoms with Gasteiger partial charge in [-0.3, -0.25) is 0 Å². The average Bonchev–Trinajstić information content (AvgIpc) is 2.25. The molecule has 0 aliphatic carbocycles. The van der Waals surface area contributed by atoms with Gasteiger partial charge in [0.15, 0.2) is 0 Å². The summed E-state index contributed by atoms with van der Waals surface area (Å²) >= 11 is 5.01. The summed E-state index contributed by atoms with van der Waals surface area (Å²) in [6.07, 6.45) is 0. The second-order valence-corrected chi connectivity index (χ2v) is 5.22. The maximum Gasteiger partial charge on any atom is 0.123 e. The van der Waals surface area contributed by atoms with E-state index in [1.165, 1.54) is 12.1 Å². The maximum atomic E-state index is 12.7. The molecule has 0 radical (unpaired) electrons. The number of nitrogens with two attached hydrogens (primary N) is 1. The predicted octanol–water partition coefficient (Wildman–Crippen LogP) is 4.32. The van der Waals surface area contributed by atoms with Gasteiger partial charge in [0.05, 0.1) is 0 Å². The molecule has 2 aromatic rings. The van der Waals surface area contributed by atoms with Crippen LogP contribution in [0.15, 0.2) is 56.7 Å². The number of hydrogen-bond donors (Lipinski definition) is 1. The molecule has 0 atom stereocenters. The SMILES string of the molecule is Nc1ccc(Sc2ccc(F)cc2)c(Br)c1. The lowest BCUT2D eigenvalue weighted by atomic mass is 10.3. The summed E-state index contributed by atoms with van der Waals surface area (Å²) in [6, 6.07) is 12.0. The monoisotopic (exact) mass is 297 g/mol. The minimum absolute atomic E-state index is 0.222. The molecule has 0 unspecified atom stereocenters. The summed E-state index contributed by atoms with van der Waals surface area (Å²) < 4.78 is 13.7. The zero-order valence-electron chi connectivity index (χ0n) is 8.28. The summed E-state index contributed by atoms with van der Waals surface area (Å²) in [5.74, 6) is -0.222. The van der Waals surface area contributed by atoms with Gasteiger partial charge in [0.2, 0.25) is 0 Å². The van der Waals surface area contributed by atoms with Crippen LogP contribution in [0.3, 0.4) is 0 Å². The Hall–Kier alpha value is -1.00. The van der Waals surface area contributed by atoms with E-state index in [1.807, 2.05) is 18.2 Å². The van der Waals surface area contributed by atoms with Gasteiger partial charge in [0.25, 0.3) is 0 Å². The van der Waals surface area contributed by atoms with Crippen molar-refractivity contribution in [3.63, 3.8) is 0 Å². The molecule has 0 spiro atoms. The lowest BCUT2D eigenvalue weighted by molar-refractivity contribution is 0.626. The molecule has 4 heteroatoms. The van der Waals surface area contributed by atoms with Crippen LogP contribution in [0, 0.1) is 5.82 Å². The maximum absolute atomic E-state index is 12.7. The Bertz CT molecular complexity index is 499. The molecule has 2 aromatic carbocycles. The summed E-state index contributed by atoms with van der Waals surface area (Å²) in [6.45, 7) is 0. The normalized spacial score (nSPS) is 10.4. The van der Waals surface area contributed by atoms with Gasteiger partial charge in [-0.1, -0.05) is 11.8 Å². The van der Waals surface area contributed by atoms with Crippen LogP contribution in [0.4, 0.5) is 10.1 Å². The number of rotatable bonds is 2. The van der Waals surface area contributed by atoms with Crippen molar-refractivity contribution in [2.24, 2.45) is 0 Å². The highest BCUT2D eigenvalue weighted by Gasteiger charge is 2.02. The minimum atomic E-state index is -0.222. The highest BCUT2D eigenvalue weighted by Crippen LogP contribution is 2.34. The van der Waals surface area contributed by atoms with E-state index in [0.717, 1.165) is 20.0 Å². The van der Waals surface area contributed by atoms with Crippen molar-refractivity contribution in [2.75, 3.05) is 5.73 Å². The van der Waals surface area contributed by atoms with Crippen LogP contribution in [0.25, 0.3) is 0 Å². The first kappa shape index (κ1) is 11.5. The van der Waals surface area contributed by atoms with E-state index >= 15 is 0 Å². The third kappa shape index (κ3) is 2.77. The van der Waals surface area contributed by atoms with Crippen LogP contribution in [0.2, 0.25) is 0 Å². The third-order valence-corrected chi connectivity index (χ3v) is 4.00. The number of hydrogen-bond acceptors (Lipinski definition) is 2. The van der Waals surface area contributed by atoms with E-state index < -0.39 is 0 Å². The standard InChI is InChI=1S/C12H9BrFNS/c13-11-7-9(15)3-6-12(11)16-10-4-1-8(14)2-5-10/h1-7H,15H2. The van der Waals surface area contributed by atoms with Crippen LogP contribution in [0.5, 0.6) is 0 Å². The fraction of sp³-hybridized carbons (Fsp3) is 0. The van der Waals surface area contributed by atoms with Crippen LogP contribution in [0.1, 0.15) is 0 Å². The molecule has 2 N–H and O–H groups in total. The predicted molar refractivity (Wildman–Crippen MR) is 69.1 cm³/mol. The molecule has 16 heavy (non-hydrogen) atoms. The molecule has 0 saturated carbocycles. The first-order valence-corrected chi connectivity index (χ1v) is 6.24. The summed E-state index contributed by atoms with van der Waals surface area (Å²) in [4.78, 5) is 2.05. The van der Waals surface area contributed by atoms with E-state index in [2.05, 4.69) is 15.9 Å². The van der Waals surface area contributed by atoms with Gasteiger partial charge in [-0.2, -0.15) is 0 Å². The molecule has 0 aliphatic heterocycles. The van der Waals surface area contributed by atoms with Crippen molar-refractivity contribution >= 4 is 33.4 Å². The van der Waals surface area contributed by atoms with Crippen molar-refractivity contribution in [1.29, 1.82) is 0 Å². The Kier molecular flexibility index (Phi) is 3.51. The Morgan fingerprint density at radius 1 is 1.06 bits per heavy atom. The average molecular weight is 298 g/mol. The van der Waals surface area contributed by atoms with Crippen LogP contribution in [-0.4, -0.2) is 0 Å². The van der Waals surface area contributed by atoms with Crippen LogP contribution in [-0.2, 0) is 0 Å². The molecule has 1 nitrogen and oxygen atoms in total. The van der Waals surface area contributed by atoms with Crippen LogP contribution < -0.4 is 5.73 Å². The fourth-order valence-corrected chi connectivity index (χ4v) is 2.69. The Labute approximate surface area is 106 Å². The quantitative estimate of drug-likeness (QED) is 0.836. The fourth-order valence-electron chi connectivity index (χ4n) is 1.23. The topological polar surface area (TPSA) is 26.0 Å². The zero-order valence-corrected chi connectivity index (χ0v) is 10.7. The van der Waals surface area contributed by atoms with Crippen molar-refractivity contribution in [3.8, 4) is 0 Å². The molecule has 0 saturated heterocycles. The molecule has 0 aliphatic rings. The molecular formula is C12H9BrFNS. The van der Waals surface area contributed by atoms with Gasteiger partial charge in [-0.15, -0.1) is 0 Å². The summed E-state index contributed by atoms with van der Waals surface area (Å²) in [7, 11) is 0. The molecule has 0 fully saturated rings. The van der Waals surface area contributed by atoms with Gasteiger partial charge >= 0.3 is 0 Å². The van der Waals surface area contributed by atoms with Gasteiger partial charge in [-0.25, -0.2) is 4.39 Å². The molecule has 2 rings (SSSR count). The van der Waals surface area contributed by atoms with Gasteiger partial charge in [0, 0.05) is 20.0 Å². The number of halogens is 2. The van der Waals surface area contributed by atoms with Gasteiger partial charge in [0.1, 0.15) is 5.82 Å². The second kappa shape index (κ2) is 4.89. The van der Waals surface area contributed by atoms with Crippen molar-refractivity contribution in [1.82, 2.24) is 0 Å². The largest absolute Gasteiger partial charge is 0.399 e. The molecule has 0 bridgehead atoms. The van der Waals surface area contributed by atoms with Crippen molar-refractivity contribution < 1.29 is 4.39 Å². The highest BCUT2D eigenvalue weighted by atomic mass is 79.9. The zero-order chi connectivity index (χ0) is 11.5. The lowest BCUT2D eigenvalue weighted by Gasteiger charge is -2.05. The van der Waals surface area contributed by atoms with Crippen molar-refractivity contribution in [2.45, 2.75) is 9.79 Å². The second-order valence-electron chi connectivity index (χ2n) is 3.25. The van der Waals surface area contributed by atoms with E-state index in [9.17, 15) is 4.39 Å². The van der Waals surface area contributed by atoms with E-state index in [4.69, 9.17) is 5.73 Å². The highest BCUT2D eigenvalue weighted by molar-refractivity contribution is 9.10. The number of anilines is 1. The molecule has 82 valence electrons. The van der Waals surface area contributed by atoms with Gasteiger partial charge in [-0.05, 0) is 58.4 Å². The smallest absolute Gasteiger partial charge is 0.123 e. The Morgan fingerprint density at radius 2 is 1.75 bits per heavy atom. The first-order chi connectivity index (χ1) is 7.65. The number of benzene rings is 2.